The van der Waals surface area contributed by atoms with E-state index in [1.165, 1.54) is 25.9 Å². The van der Waals surface area contributed by atoms with Gasteiger partial charge in [-0.3, -0.25) is 9.36 Å². The molecule has 1 atom stereocenters. The Kier molecular flexibility index (Phi) is 10.4. The lowest BCUT2D eigenvalue weighted by Crippen LogP contribution is -2.40. The SMILES string of the molecule is CCOC(=O)COc1c(/C=c2\sc3n(c2=O)[C@H](c2ccc(OC)c(OC)c2)C(C(=O)OCC)=C(c2ccccc2)N=3)cccc1OC. The molecule has 47 heavy (non-hydrogen) atoms. The van der Waals surface area contributed by atoms with E-state index in [2.05, 4.69) is 0 Å². The van der Waals surface area contributed by atoms with Crippen molar-refractivity contribution in [3.05, 3.63) is 109 Å². The number of thiazole rings is 1. The third kappa shape index (κ3) is 6.77. The van der Waals surface area contributed by atoms with Gasteiger partial charge >= 0.3 is 11.9 Å². The number of benzene rings is 3. The number of carbonyl (C=O) groups excluding carboxylic acids is 2. The van der Waals surface area contributed by atoms with E-state index in [-0.39, 0.29) is 31.1 Å². The summed E-state index contributed by atoms with van der Waals surface area (Å²) in [5, 5.41) is 0. The van der Waals surface area contributed by atoms with Gasteiger partial charge in [0.1, 0.15) is 0 Å². The van der Waals surface area contributed by atoms with Crippen molar-refractivity contribution in [3.63, 3.8) is 0 Å². The molecule has 1 aromatic heterocycles. The second-order valence-corrected chi connectivity index (χ2v) is 11.0. The first-order valence-corrected chi connectivity index (χ1v) is 15.6. The number of hydrogen-bond acceptors (Lipinski definition) is 11. The van der Waals surface area contributed by atoms with E-state index < -0.39 is 23.5 Å². The van der Waals surface area contributed by atoms with Gasteiger partial charge in [-0.15, -0.1) is 0 Å². The van der Waals surface area contributed by atoms with Gasteiger partial charge in [0.15, 0.2) is 34.4 Å². The van der Waals surface area contributed by atoms with Gasteiger partial charge in [0.05, 0.1) is 56.4 Å². The molecule has 0 amide bonds. The molecule has 0 fully saturated rings. The van der Waals surface area contributed by atoms with E-state index in [1.54, 1.807) is 56.3 Å². The summed E-state index contributed by atoms with van der Waals surface area (Å²) < 4.78 is 34.7. The first-order valence-electron chi connectivity index (χ1n) is 14.8. The first kappa shape index (κ1) is 33.0. The molecule has 4 aromatic rings. The molecule has 0 saturated heterocycles. The Balaban J connectivity index is 1.78. The maximum absolute atomic E-state index is 14.4. The number of hydrogen-bond donors (Lipinski definition) is 0. The lowest BCUT2D eigenvalue weighted by molar-refractivity contribution is -0.145. The molecule has 0 unspecified atom stereocenters. The van der Waals surface area contributed by atoms with E-state index in [4.69, 9.17) is 33.4 Å². The highest BCUT2D eigenvalue weighted by Crippen LogP contribution is 2.38. The molecule has 0 saturated carbocycles. The van der Waals surface area contributed by atoms with Crippen LogP contribution in [0.2, 0.25) is 0 Å². The van der Waals surface area contributed by atoms with Gasteiger partial charge in [-0.25, -0.2) is 14.6 Å². The number of para-hydroxylation sites is 1. The number of nitrogens with zero attached hydrogens (tertiary/aromatic N) is 2. The van der Waals surface area contributed by atoms with Gasteiger partial charge in [0, 0.05) is 11.1 Å². The average molecular weight is 659 g/mol. The van der Waals surface area contributed by atoms with E-state index in [1.807, 2.05) is 30.3 Å². The second kappa shape index (κ2) is 14.8. The summed E-state index contributed by atoms with van der Waals surface area (Å²) in [7, 11) is 4.52. The molecule has 244 valence electrons. The highest BCUT2D eigenvalue weighted by molar-refractivity contribution is 7.07. The Bertz CT molecular complexity index is 2000. The van der Waals surface area contributed by atoms with E-state index in [0.717, 1.165) is 11.3 Å². The Morgan fingerprint density at radius 2 is 1.60 bits per heavy atom. The van der Waals surface area contributed by atoms with Crippen molar-refractivity contribution in [2.45, 2.75) is 19.9 Å². The standard InChI is InChI=1S/C35H34N2O9S/c1-6-44-28(38)20-46-32-23(14-11-15-25(32)42-4)19-27-33(39)37-31(22-16-17-24(41-3)26(18-22)43-5)29(34(40)45-7-2)30(36-35(37)47-27)21-12-9-8-10-13-21/h8-19,31H,6-7,20H2,1-5H3/b27-19-/t31-/m1/s1. The van der Waals surface area contributed by atoms with Crippen LogP contribution in [0, 0.1) is 0 Å². The summed E-state index contributed by atoms with van der Waals surface area (Å²) in [6, 6.07) is 18.8. The van der Waals surface area contributed by atoms with Crippen LogP contribution in [0.5, 0.6) is 23.0 Å². The molecular weight excluding hydrogens is 624 g/mol. The summed E-state index contributed by atoms with van der Waals surface area (Å²) in [6.45, 7) is 3.41. The molecule has 11 nitrogen and oxygen atoms in total. The van der Waals surface area contributed by atoms with Crippen LogP contribution < -0.4 is 33.8 Å². The van der Waals surface area contributed by atoms with Crippen molar-refractivity contribution in [1.29, 1.82) is 0 Å². The molecule has 2 heterocycles. The Labute approximate surface area is 274 Å². The first-order chi connectivity index (χ1) is 22.8. The Hall–Kier alpha value is -5.36. The van der Waals surface area contributed by atoms with Crippen LogP contribution in [-0.2, 0) is 19.1 Å². The predicted molar refractivity (Wildman–Crippen MR) is 176 cm³/mol. The van der Waals surface area contributed by atoms with Crippen LogP contribution >= 0.6 is 11.3 Å². The van der Waals surface area contributed by atoms with Crippen LogP contribution in [0.3, 0.4) is 0 Å². The lowest BCUT2D eigenvalue weighted by atomic mass is 9.93. The number of ether oxygens (including phenoxy) is 6. The zero-order chi connectivity index (χ0) is 33.5. The van der Waals surface area contributed by atoms with Crippen LogP contribution in [0.4, 0.5) is 0 Å². The van der Waals surface area contributed by atoms with Crippen molar-refractivity contribution >= 4 is 35.0 Å². The minimum atomic E-state index is -0.924. The molecule has 0 N–H and O–H groups in total. The maximum atomic E-state index is 14.4. The average Bonchev–Trinajstić information content (AvgIpc) is 3.40. The lowest BCUT2D eigenvalue weighted by Gasteiger charge is -2.26. The van der Waals surface area contributed by atoms with Crippen molar-refractivity contribution < 1.29 is 38.0 Å². The normalized spacial score (nSPS) is 14.1. The molecule has 0 radical (unpaired) electrons. The van der Waals surface area contributed by atoms with Gasteiger partial charge in [0.25, 0.3) is 5.56 Å². The van der Waals surface area contributed by atoms with Crippen molar-refractivity contribution in [1.82, 2.24) is 4.57 Å². The highest BCUT2D eigenvalue weighted by Gasteiger charge is 2.35. The molecule has 0 spiro atoms. The van der Waals surface area contributed by atoms with Crippen LogP contribution in [0.25, 0.3) is 11.8 Å². The third-order valence-electron chi connectivity index (χ3n) is 7.25. The minimum Gasteiger partial charge on any atom is -0.493 e. The van der Waals surface area contributed by atoms with Crippen LogP contribution in [-0.4, -0.2) is 57.7 Å². The maximum Gasteiger partial charge on any atom is 0.344 e. The highest BCUT2D eigenvalue weighted by atomic mass is 32.1. The van der Waals surface area contributed by atoms with Gasteiger partial charge in [-0.1, -0.05) is 59.9 Å². The third-order valence-corrected chi connectivity index (χ3v) is 8.24. The zero-order valence-corrected chi connectivity index (χ0v) is 27.4. The van der Waals surface area contributed by atoms with Crippen LogP contribution in [0.1, 0.15) is 36.6 Å². The zero-order valence-electron chi connectivity index (χ0n) is 26.6. The van der Waals surface area contributed by atoms with Gasteiger partial charge in [-0.05, 0) is 43.7 Å². The van der Waals surface area contributed by atoms with Crippen molar-refractivity contribution in [3.8, 4) is 23.0 Å². The Morgan fingerprint density at radius 1 is 0.872 bits per heavy atom. The number of esters is 2. The number of aromatic nitrogens is 1. The molecule has 0 aliphatic carbocycles. The predicted octanol–water partition coefficient (Wildman–Crippen LogP) is 3.90. The summed E-state index contributed by atoms with van der Waals surface area (Å²) in [6.07, 6.45) is 1.65. The second-order valence-electron chi connectivity index (χ2n) is 10.0. The van der Waals surface area contributed by atoms with Crippen LogP contribution in [0.15, 0.2) is 82.1 Å². The fraction of sp³-hybridized carbons (Fsp3) is 0.257. The molecule has 12 heteroatoms. The number of rotatable bonds is 12. The molecule has 0 bridgehead atoms. The van der Waals surface area contributed by atoms with Crippen molar-refractivity contribution in [2.24, 2.45) is 4.99 Å². The number of carbonyl (C=O) groups is 2. The minimum absolute atomic E-state index is 0.123. The summed E-state index contributed by atoms with van der Waals surface area (Å²) in [5.41, 5.74) is 1.94. The van der Waals surface area contributed by atoms with Gasteiger partial charge in [-0.2, -0.15) is 0 Å². The molecular formula is C35H34N2O9S. The van der Waals surface area contributed by atoms with E-state index in [0.29, 0.717) is 49.0 Å². The van der Waals surface area contributed by atoms with Gasteiger partial charge < -0.3 is 28.4 Å². The smallest absolute Gasteiger partial charge is 0.344 e. The monoisotopic (exact) mass is 658 g/mol. The molecule has 5 rings (SSSR count). The van der Waals surface area contributed by atoms with E-state index >= 15 is 0 Å². The molecule has 1 aliphatic rings. The quantitative estimate of drug-likeness (QED) is 0.209. The summed E-state index contributed by atoms with van der Waals surface area (Å²) >= 11 is 1.15. The molecule has 1 aliphatic heterocycles. The fourth-order valence-corrected chi connectivity index (χ4v) is 6.21. The Morgan fingerprint density at radius 3 is 2.28 bits per heavy atom. The topological polar surface area (TPSA) is 124 Å². The summed E-state index contributed by atoms with van der Waals surface area (Å²) in [5.74, 6) is 0.401. The fourth-order valence-electron chi connectivity index (χ4n) is 5.22. The number of methoxy groups -OCH3 is 3. The summed E-state index contributed by atoms with van der Waals surface area (Å²) in [4.78, 5) is 45.5. The van der Waals surface area contributed by atoms with Gasteiger partial charge in [0.2, 0.25) is 0 Å². The molecule has 3 aromatic carbocycles. The van der Waals surface area contributed by atoms with Crippen molar-refractivity contribution in [2.75, 3.05) is 41.2 Å². The van der Waals surface area contributed by atoms with E-state index in [9.17, 15) is 14.4 Å². The number of fused-ring (bicyclic) bond motifs is 1. The largest absolute Gasteiger partial charge is 0.493 e.